The molecule has 1 atom stereocenters. The lowest BCUT2D eigenvalue weighted by molar-refractivity contribution is 0.00411. The predicted octanol–water partition coefficient (Wildman–Crippen LogP) is 3.65. The van der Waals surface area contributed by atoms with Crippen LogP contribution >= 0.6 is 0 Å². The summed E-state index contributed by atoms with van der Waals surface area (Å²) in [6.07, 6.45) is 4.40. The van der Waals surface area contributed by atoms with E-state index < -0.39 is 0 Å². The second-order valence-electron chi connectivity index (χ2n) is 6.05. The topological polar surface area (TPSA) is 21.7 Å². The van der Waals surface area contributed by atoms with Gasteiger partial charge in [0.25, 0.3) is 0 Å². The Morgan fingerprint density at radius 2 is 1.96 bits per heavy atom. The number of hydrogen-bond donors (Lipinski definition) is 0. The quantitative estimate of drug-likeness (QED) is 0.828. The number of hydrogen-bond acceptors (Lipinski definition) is 3. The monoisotopic (exact) mass is 311 g/mol. The highest BCUT2D eigenvalue weighted by Gasteiger charge is 2.44. The Kier molecular flexibility index (Phi) is 4.69. The van der Waals surface area contributed by atoms with Gasteiger partial charge in [0, 0.05) is 13.1 Å². The first-order valence-electron chi connectivity index (χ1n) is 8.30. The first-order chi connectivity index (χ1) is 11.2. The average molecular weight is 311 g/mol. The van der Waals surface area contributed by atoms with Crippen LogP contribution in [0.2, 0.25) is 0 Å². The summed E-state index contributed by atoms with van der Waals surface area (Å²) < 4.78 is 11.4. The van der Waals surface area contributed by atoms with E-state index in [1.165, 1.54) is 11.1 Å². The van der Waals surface area contributed by atoms with Crippen LogP contribution in [0.1, 0.15) is 19.4 Å². The van der Waals surface area contributed by atoms with E-state index >= 15 is 0 Å². The molecule has 0 bridgehead atoms. The van der Waals surface area contributed by atoms with Gasteiger partial charge in [0.2, 0.25) is 0 Å². The van der Waals surface area contributed by atoms with Crippen molar-refractivity contribution in [2.75, 3.05) is 32.9 Å². The van der Waals surface area contributed by atoms with Crippen molar-refractivity contribution in [3.63, 3.8) is 0 Å². The average Bonchev–Trinajstić information content (AvgIpc) is 2.98. The molecule has 0 spiro atoms. The maximum absolute atomic E-state index is 5.84. The molecule has 122 valence electrons. The zero-order valence-electron chi connectivity index (χ0n) is 14.0. The van der Waals surface area contributed by atoms with Crippen LogP contribution in [0.4, 0.5) is 0 Å². The van der Waals surface area contributed by atoms with Gasteiger partial charge >= 0.3 is 0 Å². The van der Waals surface area contributed by atoms with Gasteiger partial charge in [0.1, 0.15) is 5.76 Å². The molecule has 3 heteroatoms. The molecule has 23 heavy (non-hydrogen) atoms. The van der Waals surface area contributed by atoms with Crippen molar-refractivity contribution < 1.29 is 9.47 Å². The Morgan fingerprint density at radius 3 is 2.57 bits per heavy atom. The van der Waals surface area contributed by atoms with E-state index in [9.17, 15) is 0 Å². The summed E-state index contributed by atoms with van der Waals surface area (Å²) >= 11 is 0. The van der Waals surface area contributed by atoms with Crippen LogP contribution in [0.5, 0.6) is 0 Å². The number of nitrogens with zero attached hydrogens (tertiary/aromatic N) is 1. The van der Waals surface area contributed by atoms with Crippen molar-refractivity contribution in [1.82, 2.24) is 4.90 Å². The van der Waals surface area contributed by atoms with Crippen LogP contribution in [0, 0.1) is 0 Å². The fraction of sp³-hybridized carbons (Fsp3) is 0.400. The lowest BCUT2D eigenvalue weighted by Crippen LogP contribution is -2.51. The minimum atomic E-state index is -0.304. The Bertz CT molecular complexity index is 626. The number of allylic oxidation sites excluding steroid dienone is 1. The third-order valence-corrected chi connectivity index (χ3v) is 4.54. The lowest BCUT2D eigenvalue weighted by atomic mass is 9.80. The van der Waals surface area contributed by atoms with Gasteiger partial charge in [-0.25, -0.2) is 0 Å². The van der Waals surface area contributed by atoms with Crippen molar-refractivity contribution in [2.24, 2.45) is 0 Å². The first-order valence-corrected chi connectivity index (χ1v) is 8.30. The molecule has 2 aliphatic rings. The van der Waals surface area contributed by atoms with Gasteiger partial charge in [0.05, 0.1) is 25.4 Å². The molecular weight excluding hydrogens is 286 g/mol. The number of morpholine rings is 1. The van der Waals surface area contributed by atoms with E-state index in [0.29, 0.717) is 6.61 Å². The summed E-state index contributed by atoms with van der Waals surface area (Å²) in [5, 5.41) is 0. The third kappa shape index (κ3) is 2.87. The normalized spacial score (nSPS) is 25.0. The second kappa shape index (κ2) is 6.73. The molecule has 1 aromatic carbocycles. The van der Waals surface area contributed by atoms with Crippen LogP contribution < -0.4 is 0 Å². The Morgan fingerprint density at radius 1 is 1.26 bits per heavy atom. The molecular formula is C20H25NO2. The van der Waals surface area contributed by atoms with E-state index in [1.54, 1.807) is 0 Å². The molecule has 1 fully saturated rings. The molecule has 3 rings (SSSR count). The van der Waals surface area contributed by atoms with Crippen LogP contribution in [0.25, 0.3) is 0 Å². The highest BCUT2D eigenvalue weighted by atomic mass is 16.5. The van der Waals surface area contributed by atoms with E-state index in [-0.39, 0.29) is 5.54 Å². The zero-order chi connectivity index (χ0) is 16.3. The smallest absolute Gasteiger partial charge is 0.118 e. The van der Waals surface area contributed by atoms with E-state index in [4.69, 9.17) is 9.47 Å². The van der Waals surface area contributed by atoms with E-state index in [0.717, 1.165) is 37.6 Å². The van der Waals surface area contributed by atoms with Gasteiger partial charge in [-0.1, -0.05) is 42.5 Å². The highest BCUT2D eigenvalue weighted by molar-refractivity contribution is 5.56. The first kappa shape index (κ1) is 16.0. The summed E-state index contributed by atoms with van der Waals surface area (Å²) in [4.78, 5) is 2.48. The Labute approximate surface area is 138 Å². The molecule has 1 aromatic rings. The van der Waals surface area contributed by atoms with Gasteiger partial charge in [-0.05, 0) is 37.1 Å². The summed E-state index contributed by atoms with van der Waals surface area (Å²) in [7, 11) is 0. The third-order valence-electron chi connectivity index (χ3n) is 4.54. The van der Waals surface area contributed by atoms with Crippen molar-refractivity contribution in [1.29, 1.82) is 0 Å². The van der Waals surface area contributed by atoms with Gasteiger partial charge < -0.3 is 9.47 Å². The van der Waals surface area contributed by atoms with Crippen LogP contribution in [0.3, 0.4) is 0 Å². The van der Waals surface area contributed by atoms with Gasteiger partial charge in [0.15, 0.2) is 0 Å². The molecule has 0 saturated carbocycles. The van der Waals surface area contributed by atoms with Crippen molar-refractivity contribution in [3.05, 3.63) is 71.5 Å². The van der Waals surface area contributed by atoms with Crippen molar-refractivity contribution in [3.8, 4) is 0 Å². The molecule has 0 amide bonds. The van der Waals surface area contributed by atoms with Gasteiger partial charge in [-0.3, -0.25) is 4.90 Å². The van der Waals surface area contributed by atoms with Crippen LogP contribution in [0.15, 0.2) is 66.0 Å². The maximum atomic E-state index is 5.84. The fourth-order valence-electron chi connectivity index (χ4n) is 3.57. The van der Waals surface area contributed by atoms with Crippen molar-refractivity contribution in [2.45, 2.75) is 19.4 Å². The summed E-state index contributed by atoms with van der Waals surface area (Å²) in [6, 6.07) is 10.6. The standard InChI is InChI=1S/C20H25NO2/c1-4-23-18-14-19(16(2)3)20(15-18,17-8-6-5-7-9-17)21-10-12-22-13-11-21/h5-9,14-15H,2,4,10-13H2,1,3H3. The molecule has 0 N–H and O–H groups in total. The summed E-state index contributed by atoms with van der Waals surface area (Å²) in [6.45, 7) is 12.3. The molecule has 3 nitrogen and oxygen atoms in total. The Balaban J connectivity index is 2.14. The predicted molar refractivity (Wildman–Crippen MR) is 93.1 cm³/mol. The number of benzene rings is 1. The van der Waals surface area contributed by atoms with E-state index in [2.05, 4.69) is 60.9 Å². The molecule has 0 aromatic heterocycles. The Hall–Kier alpha value is -1.84. The zero-order valence-corrected chi connectivity index (χ0v) is 14.0. The highest BCUT2D eigenvalue weighted by Crippen LogP contribution is 2.46. The minimum Gasteiger partial charge on any atom is -0.494 e. The van der Waals surface area contributed by atoms with Gasteiger partial charge in [-0.15, -0.1) is 0 Å². The molecule has 1 unspecified atom stereocenters. The number of ether oxygens (including phenoxy) is 2. The fourth-order valence-corrected chi connectivity index (χ4v) is 3.57. The van der Waals surface area contributed by atoms with Crippen molar-refractivity contribution >= 4 is 0 Å². The molecule has 1 heterocycles. The molecule has 1 aliphatic carbocycles. The molecule has 1 saturated heterocycles. The summed E-state index contributed by atoms with van der Waals surface area (Å²) in [5.41, 5.74) is 3.24. The van der Waals surface area contributed by atoms with Crippen LogP contribution in [-0.2, 0) is 15.0 Å². The maximum Gasteiger partial charge on any atom is 0.118 e. The lowest BCUT2D eigenvalue weighted by Gasteiger charge is -2.44. The second-order valence-corrected chi connectivity index (χ2v) is 6.05. The van der Waals surface area contributed by atoms with E-state index in [1.807, 2.05) is 6.92 Å². The largest absolute Gasteiger partial charge is 0.494 e. The minimum absolute atomic E-state index is 0.304. The van der Waals surface area contributed by atoms with Gasteiger partial charge in [-0.2, -0.15) is 0 Å². The molecule has 1 aliphatic heterocycles. The number of rotatable bonds is 5. The van der Waals surface area contributed by atoms with Crippen LogP contribution in [-0.4, -0.2) is 37.8 Å². The SMILES string of the molecule is C=C(C)C1=CC(OCC)=CC1(c1ccccc1)N1CCOCC1. The summed E-state index contributed by atoms with van der Waals surface area (Å²) in [5.74, 6) is 0.931. The molecule has 0 radical (unpaired) electrons.